The van der Waals surface area contributed by atoms with E-state index in [1.165, 1.54) is 17.9 Å². The van der Waals surface area contributed by atoms with Gasteiger partial charge in [0.25, 0.3) is 5.91 Å². The van der Waals surface area contributed by atoms with Gasteiger partial charge in [0.2, 0.25) is 0 Å². The number of aryl methyl sites for hydroxylation is 1. The van der Waals surface area contributed by atoms with Crippen molar-refractivity contribution in [2.24, 2.45) is 4.99 Å². The molecule has 220 valence electrons. The number of benzene rings is 1. The zero-order chi connectivity index (χ0) is 30.3. The first-order valence-corrected chi connectivity index (χ1v) is 13.5. The molecule has 0 N–H and O–H groups in total. The number of amides is 1. The molecule has 1 saturated heterocycles. The number of nitrogens with zero attached hydrogens (tertiary/aromatic N) is 2. The molecule has 1 aromatic rings. The molecule has 3 rings (SSSR count). The summed E-state index contributed by atoms with van der Waals surface area (Å²) in [5, 5.41) is 0.203. The van der Waals surface area contributed by atoms with Crippen molar-refractivity contribution >= 4 is 52.8 Å². The Morgan fingerprint density at radius 2 is 1.54 bits per heavy atom. The summed E-state index contributed by atoms with van der Waals surface area (Å²) in [5.41, 5.74) is 0.846. The second-order valence-electron chi connectivity index (χ2n) is 9.22. The van der Waals surface area contributed by atoms with E-state index in [9.17, 15) is 24.0 Å². The lowest BCUT2D eigenvalue weighted by atomic mass is 9.99. The molecule has 2 aliphatic heterocycles. The monoisotopic (exact) mass is 588 g/mol. The Morgan fingerprint density at radius 1 is 0.951 bits per heavy atom. The normalized spacial score (nSPS) is 24.9. The van der Waals surface area contributed by atoms with E-state index in [4.69, 9.17) is 23.7 Å². The largest absolute Gasteiger partial charge is 0.463 e. The summed E-state index contributed by atoms with van der Waals surface area (Å²) < 4.78 is 27.7. The Morgan fingerprint density at radius 3 is 2.10 bits per heavy atom. The summed E-state index contributed by atoms with van der Waals surface area (Å²) in [6.07, 6.45) is -1.88. The van der Waals surface area contributed by atoms with Crippen LogP contribution < -0.4 is 0 Å². The van der Waals surface area contributed by atoms with Gasteiger partial charge in [0, 0.05) is 34.2 Å². The van der Waals surface area contributed by atoms with E-state index in [2.05, 4.69) is 11.6 Å². The molecule has 2 heterocycles. The van der Waals surface area contributed by atoms with Gasteiger partial charge < -0.3 is 23.7 Å². The van der Waals surface area contributed by atoms with E-state index in [1.807, 2.05) is 31.2 Å². The minimum absolute atomic E-state index is 0.112. The molecular weight excluding hydrogens is 556 g/mol. The highest BCUT2D eigenvalue weighted by Crippen LogP contribution is 2.37. The number of carbonyl (C=O) groups excluding carboxylic acids is 5. The number of hydrogen-bond acceptors (Lipinski definition) is 12. The molecule has 1 fully saturated rings. The fourth-order valence-electron chi connectivity index (χ4n) is 4.12. The number of thioether (sulfide) groups is 1. The predicted octanol–water partition coefficient (Wildman–Crippen LogP) is 2.54. The molecule has 1 amide bonds. The number of hydrogen-bond donors (Lipinski definition) is 0. The maximum absolute atomic E-state index is 13.3. The molecule has 5 atom stereocenters. The Kier molecular flexibility index (Phi) is 10.8. The van der Waals surface area contributed by atoms with Crippen LogP contribution in [0.4, 0.5) is 0 Å². The number of esters is 4. The first-order valence-electron chi connectivity index (χ1n) is 12.7. The number of amidine groups is 1. The Balaban J connectivity index is 2.04. The van der Waals surface area contributed by atoms with Crippen LogP contribution in [0.15, 0.2) is 47.6 Å². The van der Waals surface area contributed by atoms with Gasteiger partial charge in [0.15, 0.2) is 28.9 Å². The third-order valence-corrected chi connectivity index (χ3v) is 6.91. The lowest BCUT2D eigenvalue weighted by Gasteiger charge is -2.44. The van der Waals surface area contributed by atoms with Crippen LogP contribution in [0, 0.1) is 6.92 Å². The third kappa shape index (κ3) is 8.51. The van der Waals surface area contributed by atoms with Crippen molar-refractivity contribution in [3.63, 3.8) is 0 Å². The van der Waals surface area contributed by atoms with Crippen LogP contribution in [0.25, 0.3) is 6.08 Å². The van der Waals surface area contributed by atoms with Crippen LogP contribution in [0.5, 0.6) is 0 Å². The van der Waals surface area contributed by atoms with E-state index in [0.29, 0.717) is 0 Å². The van der Waals surface area contributed by atoms with Crippen LogP contribution >= 0.6 is 11.8 Å². The van der Waals surface area contributed by atoms with Crippen molar-refractivity contribution in [3.05, 3.63) is 53.7 Å². The zero-order valence-corrected chi connectivity index (χ0v) is 24.2. The van der Waals surface area contributed by atoms with Crippen LogP contribution in [-0.2, 0) is 47.7 Å². The molecule has 0 aromatic heterocycles. The minimum Gasteiger partial charge on any atom is -0.463 e. The number of rotatable bonds is 9. The van der Waals surface area contributed by atoms with Crippen molar-refractivity contribution in [2.45, 2.75) is 64.5 Å². The van der Waals surface area contributed by atoms with Gasteiger partial charge in [-0.1, -0.05) is 47.7 Å². The molecule has 0 bridgehead atoms. The minimum atomic E-state index is -1.33. The molecule has 0 spiro atoms. The highest BCUT2D eigenvalue weighted by molar-refractivity contribution is 8.14. The Labute approximate surface area is 241 Å². The van der Waals surface area contributed by atoms with Crippen molar-refractivity contribution in [1.82, 2.24) is 4.90 Å². The number of carbonyl (C=O) groups is 5. The van der Waals surface area contributed by atoms with E-state index >= 15 is 0 Å². The molecule has 12 nitrogen and oxygen atoms in total. The van der Waals surface area contributed by atoms with Crippen LogP contribution in [-0.4, -0.2) is 82.9 Å². The van der Waals surface area contributed by atoms with E-state index < -0.39 is 59.6 Å². The summed E-state index contributed by atoms with van der Waals surface area (Å²) >= 11 is 0.931. The fraction of sp³-hybridized carbons (Fsp3) is 0.429. The van der Waals surface area contributed by atoms with Gasteiger partial charge in [-0.2, -0.15) is 0 Å². The van der Waals surface area contributed by atoms with Crippen molar-refractivity contribution < 1.29 is 47.7 Å². The lowest BCUT2D eigenvalue weighted by molar-refractivity contribution is -0.237. The highest BCUT2D eigenvalue weighted by atomic mass is 32.2. The quantitative estimate of drug-likeness (QED) is 0.181. The third-order valence-electron chi connectivity index (χ3n) is 5.77. The fourth-order valence-corrected chi connectivity index (χ4v) is 5.30. The summed E-state index contributed by atoms with van der Waals surface area (Å²) in [5.74, 6) is -3.22. The maximum atomic E-state index is 13.3. The summed E-state index contributed by atoms with van der Waals surface area (Å²) in [4.78, 5) is 66.9. The van der Waals surface area contributed by atoms with Gasteiger partial charge in [-0.05, 0) is 18.6 Å². The van der Waals surface area contributed by atoms with Crippen molar-refractivity contribution in [2.75, 3.05) is 13.2 Å². The average molecular weight is 589 g/mol. The molecule has 41 heavy (non-hydrogen) atoms. The summed E-state index contributed by atoms with van der Waals surface area (Å²) in [6, 6.07) is 7.52. The second-order valence-corrected chi connectivity index (χ2v) is 10.3. The van der Waals surface area contributed by atoms with E-state index in [1.54, 1.807) is 6.08 Å². The van der Waals surface area contributed by atoms with Gasteiger partial charge >= 0.3 is 23.9 Å². The first-order chi connectivity index (χ1) is 19.4. The van der Waals surface area contributed by atoms with Gasteiger partial charge in [-0.3, -0.25) is 28.9 Å². The smallest absolute Gasteiger partial charge is 0.303 e. The molecular formula is C28H32N2O10S. The van der Waals surface area contributed by atoms with Crippen molar-refractivity contribution in [3.8, 4) is 0 Å². The van der Waals surface area contributed by atoms with E-state index in [-0.39, 0.29) is 24.0 Å². The SMILES string of the molecule is C=CCN1C(=O)/C(=C/c2ccc(C)cc2)N=C1SC1OC(COC(C)=O)C(OC(C)=O)C(OC(C)=O)C1OC(C)=O. The zero-order valence-electron chi connectivity index (χ0n) is 23.4. The van der Waals surface area contributed by atoms with Crippen LogP contribution in [0.3, 0.4) is 0 Å². The first kappa shape index (κ1) is 31.6. The molecule has 1 aromatic carbocycles. The van der Waals surface area contributed by atoms with E-state index in [0.717, 1.165) is 43.7 Å². The van der Waals surface area contributed by atoms with Crippen molar-refractivity contribution in [1.29, 1.82) is 0 Å². The molecule has 5 unspecified atom stereocenters. The average Bonchev–Trinajstić information content (AvgIpc) is 3.16. The van der Waals surface area contributed by atoms with Gasteiger partial charge in [0.1, 0.15) is 18.4 Å². The Hall–Kier alpha value is -3.97. The molecule has 0 saturated carbocycles. The predicted molar refractivity (Wildman–Crippen MR) is 148 cm³/mol. The van der Waals surface area contributed by atoms with Gasteiger partial charge in [-0.25, -0.2) is 4.99 Å². The number of aliphatic imine (C=N–C) groups is 1. The molecule has 0 radical (unpaired) electrons. The molecule has 0 aliphatic carbocycles. The Bertz CT molecular complexity index is 1260. The summed E-state index contributed by atoms with van der Waals surface area (Å²) in [6.45, 7) is 10.0. The topological polar surface area (TPSA) is 147 Å². The standard InChI is InChI=1S/C28H32N2O10S/c1-7-12-30-26(35)21(13-20-10-8-15(2)9-11-20)29-28(30)41-27-25(39-19(6)34)24(38-18(5)33)23(37-17(4)32)22(40-27)14-36-16(3)31/h7-11,13,22-25,27H,1,12,14H2,2-6H3/b21-13-. The van der Waals surface area contributed by atoms with Crippen LogP contribution in [0.1, 0.15) is 38.8 Å². The highest BCUT2D eigenvalue weighted by Gasteiger charge is 2.53. The van der Waals surface area contributed by atoms with Crippen LogP contribution in [0.2, 0.25) is 0 Å². The number of ether oxygens (including phenoxy) is 5. The lowest BCUT2D eigenvalue weighted by Crippen LogP contribution is -2.61. The molecule has 2 aliphatic rings. The molecule has 13 heteroatoms. The summed E-state index contributed by atoms with van der Waals surface area (Å²) in [7, 11) is 0. The van der Waals surface area contributed by atoms with Gasteiger partial charge in [-0.15, -0.1) is 6.58 Å². The van der Waals surface area contributed by atoms with Gasteiger partial charge in [0.05, 0.1) is 0 Å². The second kappa shape index (κ2) is 14.1. The maximum Gasteiger partial charge on any atom is 0.303 e.